The summed E-state index contributed by atoms with van der Waals surface area (Å²) in [6, 6.07) is 10.1. The van der Waals surface area contributed by atoms with Gasteiger partial charge >= 0.3 is 10.2 Å². The molecule has 3 aromatic rings. The third-order valence-corrected chi connectivity index (χ3v) is 7.45. The van der Waals surface area contributed by atoms with Gasteiger partial charge in [0.25, 0.3) is 11.8 Å². The summed E-state index contributed by atoms with van der Waals surface area (Å²) in [4.78, 5) is 29.9. The fourth-order valence-corrected chi connectivity index (χ4v) is 4.74. The third kappa shape index (κ3) is 4.63. The van der Waals surface area contributed by atoms with Gasteiger partial charge in [0.15, 0.2) is 5.76 Å². The van der Waals surface area contributed by atoms with E-state index in [1.165, 1.54) is 42.7 Å². The molecule has 0 saturated carbocycles. The Morgan fingerprint density at radius 1 is 1.06 bits per heavy atom. The summed E-state index contributed by atoms with van der Waals surface area (Å²) in [5.41, 5.74) is 0.987. The molecule has 1 aliphatic rings. The number of likely N-dealkylation sites (N-methyl/N-ethyl adjacent to an activating group) is 1. The van der Waals surface area contributed by atoms with Crippen molar-refractivity contribution >= 4 is 39.0 Å². The molecule has 1 N–H and O–H groups in total. The van der Waals surface area contributed by atoms with Gasteiger partial charge in [0.2, 0.25) is 0 Å². The Kier molecular flexibility index (Phi) is 6.60. The van der Waals surface area contributed by atoms with Gasteiger partial charge in [0, 0.05) is 57.4 Å². The average molecular weight is 486 g/mol. The predicted molar refractivity (Wildman–Crippen MR) is 128 cm³/mol. The molecule has 10 nitrogen and oxygen atoms in total. The molecule has 1 fully saturated rings. The monoisotopic (exact) mass is 485 g/mol. The highest BCUT2D eigenvalue weighted by atomic mass is 32.2. The first-order valence-electron chi connectivity index (χ1n) is 10.8. The van der Waals surface area contributed by atoms with Crippen LogP contribution in [0.4, 0.5) is 0 Å². The molecule has 4 rings (SSSR count). The van der Waals surface area contributed by atoms with Crippen molar-refractivity contribution in [1.82, 2.24) is 23.4 Å². The van der Waals surface area contributed by atoms with E-state index < -0.39 is 16.1 Å². The van der Waals surface area contributed by atoms with Crippen LogP contribution < -0.4 is 5.32 Å². The van der Waals surface area contributed by atoms with Crippen LogP contribution in [0.15, 0.2) is 59.0 Å². The van der Waals surface area contributed by atoms with Crippen LogP contribution in [0.25, 0.3) is 17.0 Å². The highest BCUT2D eigenvalue weighted by Gasteiger charge is 2.26. The number of carbonyl (C=O) groups is 2. The van der Waals surface area contributed by atoms with Gasteiger partial charge < -0.3 is 19.5 Å². The number of carbonyl (C=O) groups excluding carboxylic acids is 2. The molecule has 3 heterocycles. The first-order chi connectivity index (χ1) is 16.2. The molecule has 1 aliphatic heterocycles. The SMILES string of the molecule is CN1CCN(C(=O)/C(=C/c2cn(S(=O)(=O)N(C)C)c3ccccc23)NC(=O)c2ccco2)CC1. The molecule has 0 spiro atoms. The minimum Gasteiger partial charge on any atom is -0.459 e. The van der Waals surface area contributed by atoms with Crippen LogP contribution in [0.5, 0.6) is 0 Å². The fourth-order valence-electron chi connectivity index (χ4n) is 3.74. The van der Waals surface area contributed by atoms with Crippen molar-refractivity contribution in [1.29, 1.82) is 0 Å². The first kappa shape index (κ1) is 23.7. The summed E-state index contributed by atoms with van der Waals surface area (Å²) in [6.07, 6.45) is 4.35. The van der Waals surface area contributed by atoms with E-state index in [0.717, 1.165) is 4.31 Å². The lowest BCUT2D eigenvalue weighted by atomic mass is 10.1. The molecule has 0 aliphatic carbocycles. The van der Waals surface area contributed by atoms with Gasteiger partial charge in [-0.25, -0.2) is 3.97 Å². The normalized spacial score (nSPS) is 15.8. The van der Waals surface area contributed by atoms with E-state index in [1.807, 2.05) is 7.05 Å². The number of piperazine rings is 1. The maximum Gasteiger partial charge on any atom is 0.307 e. The van der Waals surface area contributed by atoms with Crippen molar-refractivity contribution in [3.8, 4) is 0 Å². The van der Waals surface area contributed by atoms with E-state index in [9.17, 15) is 18.0 Å². The lowest BCUT2D eigenvalue weighted by Gasteiger charge is -2.32. The van der Waals surface area contributed by atoms with Crippen molar-refractivity contribution in [2.75, 3.05) is 47.3 Å². The fraction of sp³-hybridized carbons (Fsp3) is 0.304. The van der Waals surface area contributed by atoms with Crippen molar-refractivity contribution in [3.63, 3.8) is 0 Å². The van der Waals surface area contributed by atoms with E-state index in [2.05, 4.69) is 10.2 Å². The number of fused-ring (bicyclic) bond motifs is 1. The number of para-hydroxylation sites is 1. The maximum absolute atomic E-state index is 13.4. The maximum atomic E-state index is 13.4. The molecule has 11 heteroatoms. The van der Waals surface area contributed by atoms with Gasteiger partial charge in [0.05, 0.1) is 11.8 Å². The van der Waals surface area contributed by atoms with Crippen molar-refractivity contribution in [2.24, 2.45) is 0 Å². The molecule has 0 unspecified atom stereocenters. The number of hydrogen-bond donors (Lipinski definition) is 1. The molecule has 2 amide bonds. The molecule has 0 radical (unpaired) electrons. The number of rotatable bonds is 6. The van der Waals surface area contributed by atoms with Gasteiger partial charge in [-0.3, -0.25) is 9.59 Å². The van der Waals surface area contributed by atoms with Crippen LogP contribution >= 0.6 is 0 Å². The minimum atomic E-state index is -3.81. The van der Waals surface area contributed by atoms with E-state index in [4.69, 9.17) is 4.42 Å². The van der Waals surface area contributed by atoms with Gasteiger partial charge in [-0.1, -0.05) is 18.2 Å². The van der Waals surface area contributed by atoms with Crippen LogP contribution in [0, 0.1) is 0 Å². The third-order valence-electron chi connectivity index (χ3n) is 5.73. The predicted octanol–water partition coefficient (Wildman–Crippen LogP) is 1.43. The number of benzene rings is 1. The van der Waals surface area contributed by atoms with Crippen LogP contribution in [0.3, 0.4) is 0 Å². The second kappa shape index (κ2) is 9.45. The molecule has 1 aromatic carbocycles. The van der Waals surface area contributed by atoms with E-state index in [0.29, 0.717) is 42.6 Å². The average Bonchev–Trinajstić information content (AvgIpc) is 3.48. The molecular formula is C23H27N5O5S. The van der Waals surface area contributed by atoms with E-state index in [-0.39, 0.29) is 17.4 Å². The van der Waals surface area contributed by atoms with Gasteiger partial charge in [-0.05, 0) is 31.3 Å². The quantitative estimate of drug-likeness (QED) is 0.530. The number of hydrogen-bond acceptors (Lipinski definition) is 6. The summed E-state index contributed by atoms with van der Waals surface area (Å²) >= 11 is 0. The molecule has 1 saturated heterocycles. The first-order valence-corrected chi connectivity index (χ1v) is 12.2. The summed E-state index contributed by atoms with van der Waals surface area (Å²) < 4.78 is 33.2. The Bertz CT molecular complexity index is 1330. The lowest BCUT2D eigenvalue weighted by molar-refractivity contribution is -0.128. The van der Waals surface area contributed by atoms with E-state index in [1.54, 1.807) is 35.2 Å². The minimum absolute atomic E-state index is 0.0381. The molecule has 0 bridgehead atoms. The zero-order chi connectivity index (χ0) is 24.5. The summed E-state index contributed by atoms with van der Waals surface area (Å²) in [5.74, 6) is -0.849. The number of furan rings is 1. The summed E-state index contributed by atoms with van der Waals surface area (Å²) in [5, 5.41) is 3.29. The highest BCUT2D eigenvalue weighted by molar-refractivity contribution is 7.87. The Morgan fingerprint density at radius 2 is 1.76 bits per heavy atom. The number of nitrogens with zero attached hydrogens (tertiary/aromatic N) is 4. The molecular weight excluding hydrogens is 458 g/mol. The van der Waals surface area contributed by atoms with Gasteiger partial charge in [0.1, 0.15) is 5.70 Å². The lowest BCUT2D eigenvalue weighted by Crippen LogP contribution is -2.49. The van der Waals surface area contributed by atoms with Crippen LogP contribution in [-0.4, -0.2) is 85.6 Å². The van der Waals surface area contributed by atoms with Crippen LogP contribution in [0.1, 0.15) is 16.1 Å². The molecule has 0 atom stereocenters. The van der Waals surface area contributed by atoms with E-state index >= 15 is 0 Å². The Hall–Kier alpha value is -3.41. The van der Waals surface area contributed by atoms with Crippen molar-refractivity contribution in [3.05, 3.63) is 65.9 Å². The number of amides is 2. The second-order valence-electron chi connectivity index (χ2n) is 8.27. The van der Waals surface area contributed by atoms with Crippen LogP contribution in [0.2, 0.25) is 0 Å². The zero-order valence-corrected chi connectivity index (χ0v) is 20.1. The molecule has 180 valence electrons. The number of nitrogens with one attached hydrogen (secondary N) is 1. The summed E-state index contributed by atoms with van der Waals surface area (Å²) in [6.45, 7) is 2.46. The summed E-state index contributed by atoms with van der Waals surface area (Å²) in [7, 11) is 1.08. The van der Waals surface area contributed by atoms with Gasteiger partial charge in [-0.15, -0.1) is 0 Å². The topological polar surface area (TPSA) is 108 Å². The Morgan fingerprint density at radius 3 is 2.41 bits per heavy atom. The van der Waals surface area contributed by atoms with Gasteiger partial charge in [-0.2, -0.15) is 12.7 Å². The number of aromatic nitrogens is 1. The highest BCUT2D eigenvalue weighted by Crippen LogP contribution is 2.26. The smallest absolute Gasteiger partial charge is 0.307 e. The largest absolute Gasteiger partial charge is 0.459 e. The Balaban J connectivity index is 1.79. The standard InChI is InChI=1S/C23H27N5O5S/c1-25(2)34(31,32)28-16-17(18-7-4-5-8-20(18)28)15-19(24-22(29)21-9-6-14-33-21)23(30)27-12-10-26(3)11-13-27/h4-9,14-16H,10-13H2,1-3H3,(H,24,29)/b19-15-. The Labute approximate surface area is 198 Å². The van der Waals surface area contributed by atoms with Crippen molar-refractivity contribution in [2.45, 2.75) is 0 Å². The van der Waals surface area contributed by atoms with Crippen molar-refractivity contribution < 1.29 is 22.4 Å². The molecule has 34 heavy (non-hydrogen) atoms. The molecule has 2 aromatic heterocycles. The zero-order valence-electron chi connectivity index (χ0n) is 19.3. The van der Waals surface area contributed by atoms with Crippen LogP contribution in [-0.2, 0) is 15.0 Å². The second-order valence-corrected chi connectivity index (χ2v) is 10.3.